The van der Waals surface area contributed by atoms with E-state index in [9.17, 15) is 0 Å². The molecule has 0 saturated heterocycles. The van der Waals surface area contributed by atoms with Crippen LogP contribution in [-0.4, -0.2) is 24.9 Å². The van der Waals surface area contributed by atoms with Gasteiger partial charge in [0.25, 0.3) is 0 Å². The number of benzene rings is 7. The molecule has 0 spiro atoms. The highest BCUT2D eigenvalue weighted by atomic mass is 32.1. The molecular formula is C47H29N5S. The minimum atomic E-state index is 0.585. The van der Waals surface area contributed by atoms with Gasteiger partial charge >= 0.3 is 0 Å². The molecule has 248 valence electrons. The lowest BCUT2D eigenvalue weighted by molar-refractivity contribution is 1.07. The summed E-state index contributed by atoms with van der Waals surface area (Å²) in [4.78, 5) is 25.8. The summed E-state index contributed by atoms with van der Waals surface area (Å²) in [6.45, 7) is 0. The Morgan fingerprint density at radius 1 is 0.340 bits per heavy atom. The second kappa shape index (κ2) is 13.0. The highest BCUT2D eigenvalue weighted by Crippen LogP contribution is 2.40. The summed E-state index contributed by atoms with van der Waals surface area (Å²) < 4.78 is 1.13. The Morgan fingerprint density at radius 3 is 1.55 bits per heavy atom. The van der Waals surface area contributed by atoms with Gasteiger partial charge in [-0.05, 0) is 41.3 Å². The minimum absolute atomic E-state index is 0.585. The lowest BCUT2D eigenvalue weighted by Gasteiger charge is -2.14. The fourth-order valence-corrected chi connectivity index (χ4v) is 7.99. The van der Waals surface area contributed by atoms with E-state index in [0.29, 0.717) is 17.5 Å². The molecule has 0 atom stereocenters. The van der Waals surface area contributed by atoms with Gasteiger partial charge in [-0.1, -0.05) is 146 Å². The molecular weight excluding hydrogens is 667 g/mol. The molecule has 0 bridgehead atoms. The SMILES string of the molecule is c1ccc(-c2nc(-c3ccccc3)nc(-c3cc(-c4nc5ccccc5c5ccccc45)cc(-c4cccc5sc(-c6ccccc6)nc45)c3)n2)cc1. The van der Waals surface area contributed by atoms with Crippen LogP contribution in [0.1, 0.15) is 0 Å². The summed E-state index contributed by atoms with van der Waals surface area (Å²) in [5.74, 6) is 1.82. The van der Waals surface area contributed by atoms with Crippen LogP contribution in [0.15, 0.2) is 176 Å². The van der Waals surface area contributed by atoms with Gasteiger partial charge in [0.15, 0.2) is 17.5 Å². The molecule has 10 aromatic rings. The van der Waals surface area contributed by atoms with Gasteiger partial charge in [-0.2, -0.15) is 0 Å². The fourth-order valence-electron chi connectivity index (χ4n) is 7.00. The summed E-state index contributed by atoms with van der Waals surface area (Å²) in [6.07, 6.45) is 0. The monoisotopic (exact) mass is 695 g/mol. The van der Waals surface area contributed by atoms with Crippen LogP contribution in [0.3, 0.4) is 0 Å². The molecule has 6 heteroatoms. The smallest absolute Gasteiger partial charge is 0.164 e. The third kappa shape index (κ3) is 5.72. The Hall–Kier alpha value is -6.89. The lowest BCUT2D eigenvalue weighted by Crippen LogP contribution is -2.01. The Bertz CT molecular complexity index is 2880. The van der Waals surface area contributed by atoms with Crippen molar-refractivity contribution >= 4 is 43.2 Å². The molecule has 0 radical (unpaired) electrons. The van der Waals surface area contributed by atoms with Crippen molar-refractivity contribution in [3.05, 3.63) is 176 Å². The first-order valence-electron chi connectivity index (χ1n) is 17.5. The maximum atomic E-state index is 5.31. The zero-order valence-corrected chi connectivity index (χ0v) is 29.2. The zero-order valence-electron chi connectivity index (χ0n) is 28.4. The van der Waals surface area contributed by atoms with Gasteiger partial charge in [-0.15, -0.1) is 11.3 Å². The maximum absolute atomic E-state index is 5.31. The van der Waals surface area contributed by atoms with E-state index in [1.54, 1.807) is 11.3 Å². The largest absolute Gasteiger partial charge is 0.247 e. The van der Waals surface area contributed by atoms with Crippen molar-refractivity contribution < 1.29 is 0 Å². The van der Waals surface area contributed by atoms with E-state index in [1.807, 2.05) is 72.8 Å². The summed E-state index contributed by atoms with van der Waals surface area (Å²) in [6, 6.07) is 60.4. The number of para-hydroxylation sites is 2. The predicted octanol–water partition coefficient (Wildman–Crippen LogP) is 12.2. The molecule has 0 aliphatic rings. The third-order valence-electron chi connectivity index (χ3n) is 9.52. The standard InChI is InChI=1S/C47H29N5S/c1-4-15-30(16-5-1)44-50-45(31-17-6-2-7-18-31)52-46(51-44)35-28-33(36-24-14-26-41-43(36)49-47(53-41)32-19-8-3-9-20-32)27-34(29-35)42-39-23-11-10-21-37(39)38-22-12-13-25-40(38)48-42/h1-29H. The molecule has 0 unspecified atom stereocenters. The fraction of sp³-hybridized carbons (Fsp3) is 0. The van der Waals surface area contributed by atoms with Crippen molar-refractivity contribution in [2.75, 3.05) is 0 Å². The Morgan fingerprint density at radius 2 is 0.868 bits per heavy atom. The molecule has 3 aromatic heterocycles. The van der Waals surface area contributed by atoms with Crippen LogP contribution in [0.4, 0.5) is 0 Å². The van der Waals surface area contributed by atoms with Gasteiger partial charge in [0.1, 0.15) is 5.01 Å². The first-order chi connectivity index (χ1) is 26.2. The van der Waals surface area contributed by atoms with Crippen LogP contribution in [-0.2, 0) is 0 Å². The Balaban J connectivity index is 1.25. The van der Waals surface area contributed by atoms with E-state index in [-0.39, 0.29) is 0 Å². The van der Waals surface area contributed by atoms with Gasteiger partial charge in [-0.25, -0.2) is 24.9 Å². The van der Waals surface area contributed by atoms with Crippen LogP contribution in [0.2, 0.25) is 0 Å². The maximum Gasteiger partial charge on any atom is 0.164 e. The zero-order chi connectivity index (χ0) is 35.1. The van der Waals surface area contributed by atoms with E-state index in [4.69, 9.17) is 24.9 Å². The molecule has 10 rings (SSSR count). The van der Waals surface area contributed by atoms with Gasteiger partial charge in [0.05, 0.1) is 21.4 Å². The topological polar surface area (TPSA) is 64.5 Å². The summed E-state index contributed by atoms with van der Waals surface area (Å²) in [7, 11) is 0. The molecule has 0 fully saturated rings. The predicted molar refractivity (Wildman–Crippen MR) is 218 cm³/mol. The summed E-state index contributed by atoms with van der Waals surface area (Å²) in [5, 5.41) is 4.36. The Labute approximate surface area is 310 Å². The number of thiazole rings is 1. The number of nitrogens with zero attached hydrogens (tertiary/aromatic N) is 5. The summed E-state index contributed by atoms with van der Waals surface area (Å²) >= 11 is 1.71. The van der Waals surface area contributed by atoms with Crippen LogP contribution < -0.4 is 0 Å². The van der Waals surface area contributed by atoms with Crippen LogP contribution >= 0.6 is 11.3 Å². The van der Waals surface area contributed by atoms with Crippen molar-refractivity contribution in [3.63, 3.8) is 0 Å². The number of hydrogen-bond donors (Lipinski definition) is 0. The van der Waals surface area contributed by atoms with E-state index >= 15 is 0 Å². The van der Waals surface area contributed by atoms with Crippen molar-refractivity contribution in [3.8, 4) is 67.1 Å². The Kier molecular flexibility index (Phi) is 7.59. The van der Waals surface area contributed by atoms with Crippen molar-refractivity contribution in [1.29, 1.82) is 0 Å². The average molecular weight is 696 g/mol. The van der Waals surface area contributed by atoms with Crippen molar-refractivity contribution in [2.45, 2.75) is 0 Å². The normalized spacial score (nSPS) is 11.4. The van der Waals surface area contributed by atoms with Crippen LogP contribution in [0.5, 0.6) is 0 Å². The number of aromatic nitrogens is 5. The number of rotatable bonds is 6. The molecule has 0 N–H and O–H groups in total. The summed E-state index contributed by atoms with van der Waals surface area (Å²) in [5.41, 5.74) is 9.64. The average Bonchev–Trinajstić information content (AvgIpc) is 3.69. The lowest BCUT2D eigenvalue weighted by atomic mass is 9.94. The highest BCUT2D eigenvalue weighted by Gasteiger charge is 2.19. The van der Waals surface area contributed by atoms with Crippen LogP contribution in [0, 0.1) is 0 Å². The first kappa shape index (κ1) is 30.9. The molecule has 7 aromatic carbocycles. The minimum Gasteiger partial charge on any atom is -0.247 e. The van der Waals surface area contributed by atoms with E-state index in [0.717, 1.165) is 81.5 Å². The molecule has 53 heavy (non-hydrogen) atoms. The number of hydrogen-bond acceptors (Lipinski definition) is 6. The van der Waals surface area contributed by atoms with E-state index in [2.05, 4.69) is 103 Å². The van der Waals surface area contributed by atoms with Crippen LogP contribution in [0.25, 0.3) is 99.0 Å². The molecule has 3 heterocycles. The van der Waals surface area contributed by atoms with E-state index < -0.39 is 0 Å². The molecule has 0 aliphatic carbocycles. The third-order valence-corrected chi connectivity index (χ3v) is 10.6. The van der Waals surface area contributed by atoms with Gasteiger partial charge in [0, 0.05) is 44.2 Å². The van der Waals surface area contributed by atoms with Gasteiger partial charge in [0.2, 0.25) is 0 Å². The molecule has 0 aliphatic heterocycles. The number of fused-ring (bicyclic) bond motifs is 4. The first-order valence-corrected chi connectivity index (χ1v) is 18.3. The van der Waals surface area contributed by atoms with Gasteiger partial charge in [-0.3, -0.25) is 0 Å². The number of pyridine rings is 1. The molecule has 0 amide bonds. The molecule has 5 nitrogen and oxygen atoms in total. The second-order valence-electron chi connectivity index (χ2n) is 12.9. The van der Waals surface area contributed by atoms with Gasteiger partial charge < -0.3 is 0 Å². The highest BCUT2D eigenvalue weighted by molar-refractivity contribution is 7.21. The second-order valence-corrected chi connectivity index (χ2v) is 13.9. The van der Waals surface area contributed by atoms with Crippen molar-refractivity contribution in [1.82, 2.24) is 24.9 Å². The van der Waals surface area contributed by atoms with Crippen molar-refractivity contribution in [2.24, 2.45) is 0 Å². The quantitative estimate of drug-likeness (QED) is 0.162. The molecule has 0 saturated carbocycles. The van der Waals surface area contributed by atoms with E-state index in [1.165, 1.54) is 0 Å².